The molecule has 1 rings (SSSR count). The third-order valence-corrected chi connectivity index (χ3v) is 2.50. The van der Waals surface area contributed by atoms with Gasteiger partial charge in [0, 0.05) is 12.6 Å². The molecule has 1 aromatic rings. The number of nitro benzene ring substituents is 1. The van der Waals surface area contributed by atoms with Crippen LogP contribution in [0, 0.1) is 15.9 Å². The van der Waals surface area contributed by atoms with Crippen LogP contribution in [0.2, 0.25) is 0 Å². The third kappa shape index (κ3) is 3.62. The van der Waals surface area contributed by atoms with Crippen LogP contribution in [0.1, 0.15) is 23.7 Å². The maximum Gasteiger partial charge on any atom is 0.295 e. The number of nitrogens with two attached hydrogens (primary N) is 1. The number of amides is 1. The summed E-state index contributed by atoms with van der Waals surface area (Å²) in [6, 6.07) is 1.13. The Hall–Kier alpha value is -2.22. The Labute approximate surface area is 108 Å². The van der Waals surface area contributed by atoms with Gasteiger partial charge in [-0.25, -0.2) is 4.39 Å². The molecule has 1 aromatic carbocycles. The average molecular weight is 271 g/mol. The second-order valence-corrected chi connectivity index (χ2v) is 4.03. The molecule has 104 valence electrons. The average Bonchev–Trinajstić information content (AvgIpc) is 2.31. The summed E-state index contributed by atoms with van der Waals surface area (Å²) in [5.74, 6) is -1.64. The van der Waals surface area contributed by atoms with E-state index >= 15 is 0 Å². The van der Waals surface area contributed by atoms with Crippen LogP contribution in [-0.4, -0.2) is 28.6 Å². The van der Waals surface area contributed by atoms with E-state index in [1.807, 2.05) is 0 Å². The van der Waals surface area contributed by atoms with Crippen molar-refractivity contribution in [1.82, 2.24) is 5.32 Å². The number of benzene rings is 1. The molecule has 0 saturated carbocycles. The predicted molar refractivity (Wildman–Crippen MR) is 66.1 cm³/mol. The van der Waals surface area contributed by atoms with Crippen LogP contribution in [0.15, 0.2) is 12.1 Å². The maximum atomic E-state index is 13.2. The first-order valence-corrected chi connectivity index (χ1v) is 5.52. The number of aliphatic hydroxyl groups is 1. The van der Waals surface area contributed by atoms with Crippen molar-refractivity contribution in [2.45, 2.75) is 19.4 Å². The quantitative estimate of drug-likeness (QED) is 0.416. The lowest BCUT2D eigenvalue weighted by atomic mass is 10.1. The van der Waals surface area contributed by atoms with E-state index in [1.54, 1.807) is 6.92 Å². The highest BCUT2D eigenvalue weighted by atomic mass is 19.1. The molecule has 0 spiro atoms. The standard InChI is InChI=1S/C11H14FN3O4/c1-6(2-3-16)14-11(17)8-4-7(12)5-9(10(8)13)15(18)19/h4-6,16H,2-3,13H2,1H3,(H,14,17). The van der Waals surface area contributed by atoms with Crippen LogP contribution >= 0.6 is 0 Å². The monoisotopic (exact) mass is 271 g/mol. The Morgan fingerprint density at radius 1 is 1.63 bits per heavy atom. The minimum Gasteiger partial charge on any atom is -0.396 e. The lowest BCUT2D eigenvalue weighted by molar-refractivity contribution is -0.384. The summed E-state index contributed by atoms with van der Waals surface area (Å²) in [6.45, 7) is 1.51. The van der Waals surface area contributed by atoms with Crippen LogP contribution in [0.5, 0.6) is 0 Å². The molecular formula is C11H14FN3O4. The van der Waals surface area contributed by atoms with Gasteiger partial charge in [-0.05, 0) is 19.4 Å². The number of hydrogen-bond acceptors (Lipinski definition) is 5. The van der Waals surface area contributed by atoms with Crippen molar-refractivity contribution < 1.29 is 19.2 Å². The van der Waals surface area contributed by atoms with Gasteiger partial charge < -0.3 is 16.2 Å². The molecule has 8 heteroatoms. The SMILES string of the molecule is CC(CCO)NC(=O)c1cc(F)cc([N+](=O)[O-])c1N. The van der Waals surface area contributed by atoms with E-state index < -0.39 is 22.3 Å². The Bertz CT molecular complexity index is 507. The lowest BCUT2D eigenvalue weighted by Gasteiger charge is -2.13. The molecule has 1 atom stereocenters. The zero-order valence-corrected chi connectivity index (χ0v) is 10.2. The minimum atomic E-state index is -0.916. The number of nitrogens with one attached hydrogen (secondary N) is 1. The Morgan fingerprint density at radius 3 is 2.79 bits per heavy atom. The molecule has 0 aliphatic carbocycles. The summed E-state index contributed by atoms with van der Waals surface area (Å²) in [5, 5.41) is 21.8. The van der Waals surface area contributed by atoms with E-state index in [9.17, 15) is 19.3 Å². The minimum absolute atomic E-state index is 0.125. The van der Waals surface area contributed by atoms with Crippen LogP contribution < -0.4 is 11.1 Å². The Kier molecular flexibility index (Phi) is 4.76. The van der Waals surface area contributed by atoms with Crippen molar-refractivity contribution in [2.75, 3.05) is 12.3 Å². The molecule has 0 heterocycles. The third-order valence-electron chi connectivity index (χ3n) is 2.50. The van der Waals surface area contributed by atoms with Gasteiger partial charge in [0.2, 0.25) is 0 Å². The summed E-state index contributed by atoms with van der Waals surface area (Å²) in [5.41, 5.74) is 4.15. The fourth-order valence-electron chi connectivity index (χ4n) is 1.51. The molecule has 0 radical (unpaired) electrons. The zero-order valence-electron chi connectivity index (χ0n) is 10.2. The van der Waals surface area contributed by atoms with Gasteiger partial charge >= 0.3 is 0 Å². The van der Waals surface area contributed by atoms with E-state index in [0.29, 0.717) is 12.5 Å². The number of nitro groups is 1. The summed E-state index contributed by atoms with van der Waals surface area (Å²) in [4.78, 5) is 21.6. The van der Waals surface area contributed by atoms with E-state index in [2.05, 4.69) is 5.32 Å². The van der Waals surface area contributed by atoms with Crippen LogP contribution in [0.25, 0.3) is 0 Å². The van der Waals surface area contributed by atoms with Crippen LogP contribution in [-0.2, 0) is 0 Å². The van der Waals surface area contributed by atoms with Crippen molar-refractivity contribution in [1.29, 1.82) is 0 Å². The predicted octanol–water partition coefficient (Wildman–Crippen LogP) is 0.817. The van der Waals surface area contributed by atoms with Gasteiger partial charge in [-0.2, -0.15) is 0 Å². The molecule has 0 saturated heterocycles. The Balaban J connectivity index is 3.06. The number of aliphatic hydroxyl groups excluding tert-OH is 1. The number of nitrogens with zero attached hydrogens (tertiary/aromatic N) is 1. The number of hydrogen-bond donors (Lipinski definition) is 3. The molecular weight excluding hydrogens is 257 g/mol. The normalized spacial score (nSPS) is 11.9. The second kappa shape index (κ2) is 6.10. The van der Waals surface area contributed by atoms with E-state index in [-0.39, 0.29) is 23.9 Å². The van der Waals surface area contributed by atoms with E-state index in [4.69, 9.17) is 10.8 Å². The molecule has 1 amide bonds. The molecule has 0 aromatic heterocycles. The second-order valence-electron chi connectivity index (χ2n) is 4.03. The fraction of sp³-hybridized carbons (Fsp3) is 0.364. The first kappa shape index (κ1) is 14.8. The van der Waals surface area contributed by atoms with Gasteiger partial charge in [0.15, 0.2) is 0 Å². The maximum absolute atomic E-state index is 13.2. The van der Waals surface area contributed by atoms with E-state index in [0.717, 1.165) is 6.07 Å². The number of anilines is 1. The molecule has 0 fully saturated rings. The van der Waals surface area contributed by atoms with Crippen molar-refractivity contribution in [3.05, 3.63) is 33.6 Å². The van der Waals surface area contributed by atoms with Gasteiger partial charge in [0.05, 0.1) is 16.6 Å². The smallest absolute Gasteiger partial charge is 0.295 e. The summed E-state index contributed by atoms with van der Waals surface area (Å²) >= 11 is 0. The molecule has 0 bridgehead atoms. The van der Waals surface area contributed by atoms with E-state index in [1.165, 1.54) is 0 Å². The first-order chi connectivity index (χ1) is 8.86. The summed E-state index contributed by atoms with van der Waals surface area (Å²) < 4.78 is 13.2. The molecule has 0 aliphatic heterocycles. The van der Waals surface area contributed by atoms with Gasteiger partial charge in [-0.3, -0.25) is 14.9 Å². The molecule has 1 unspecified atom stereocenters. The van der Waals surface area contributed by atoms with Crippen molar-refractivity contribution in [3.8, 4) is 0 Å². The van der Waals surface area contributed by atoms with Crippen LogP contribution in [0.3, 0.4) is 0 Å². The van der Waals surface area contributed by atoms with Crippen LogP contribution in [0.4, 0.5) is 15.8 Å². The number of carbonyl (C=O) groups is 1. The summed E-state index contributed by atoms with van der Waals surface area (Å²) in [6.07, 6.45) is 0.309. The molecule has 4 N–H and O–H groups in total. The summed E-state index contributed by atoms with van der Waals surface area (Å²) in [7, 11) is 0. The molecule has 19 heavy (non-hydrogen) atoms. The number of rotatable bonds is 5. The highest BCUT2D eigenvalue weighted by Crippen LogP contribution is 2.26. The highest BCUT2D eigenvalue weighted by Gasteiger charge is 2.22. The Morgan fingerprint density at radius 2 is 2.26 bits per heavy atom. The van der Waals surface area contributed by atoms with Crippen molar-refractivity contribution in [2.24, 2.45) is 0 Å². The molecule has 7 nitrogen and oxygen atoms in total. The molecule has 0 aliphatic rings. The fourth-order valence-corrected chi connectivity index (χ4v) is 1.51. The number of nitrogen functional groups attached to an aromatic ring is 1. The number of halogens is 1. The lowest BCUT2D eigenvalue weighted by Crippen LogP contribution is -2.33. The largest absolute Gasteiger partial charge is 0.396 e. The van der Waals surface area contributed by atoms with Gasteiger partial charge in [-0.1, -0.05) is 0 Å². The van der Waals surface area contributed by atoms with Gasteiger partial charge in [-0.15, -0.1) is 0 Å². The van der Waals surface area contributed by atoms with Gasteiger partial charge in [0.1, 0.15) is 11.5 Å². The zero-order chi connectivity index (χ0) is 14.6. The van der Waals surface area contributed by atoms with Crippen molar-refractivity contribution >= 4 is 17.3 Å². The highest BCUT2D eigenvalue weighted by molar-refractivity contribution is 6.01. The van der Waals surface area contributed by atoms with Gasteiger partial charge in [0.25, 0.3) is 11.6 Å². The first-order valence-electron chi connectivity index (χ1n) is 5.52. The van der Waals surface area contributed by atoms with Crippen molar-refractivity contribution in [3.63, 3.8) is 0 Å². The number of carbonyl (C=O) groups excluding carboxylic acids is 1. The topological polar surface area (TPSA) is 118 Å².